The molecule has 0 amide bonds. The van der Waals surface area contributed by atoms with Crippen LogP contribution in [-0.2, 0) is 7.05 Å². The van der Waals surface area contributed by atoms with Gasteiger partial charge in [-0.2, -0.15) is 0 Å². The molecule has 1 aromatic rings. The predicted molar refractivity (Wildman–Crippen MR) is 40.1 cm³/mol. The average Bonchev–Trinajstić information content (AvgIpc) is 1.96. The van der Waals surface area contributed by atoms with Crippen molar-refractivity contribution in [3.8, 4) is 0 Å². The molecule has 0 unspecified atom stereocenters. The number of nitrogens with zero attached hydrogens (tertiary/aromatic N) is 1. The first-order valence-corrected chi connectivity index (χ1v) is 2.92. The van der Waals surface area contributed by atoms with Crippen LogP contribution < -0.4 is 22.5 Å². The van der Waals surface area contributed by atoms with Gasteiger partial charge < -0.3 is 5.43 Å². The number of aromatic amines is 1. The quantitative estimate of drug-likeness (QED) is 0.336. The molecular formula is C5H8N4O2. The third-order valence-electron chi connectivity index (χ3n) is 1.31. The third-order valence-corrected chi connectivity index (χ3v) is 1.31. The number of anilines is 1. The largest absolute Gasteiger partial charge is 0.329 e. The highest BCUT2D eigenvalue weighted by Gasteiger charge is 1.97. The van der Waals surface area contributed by atoms with Crippen LogP contribution in [-0.4, -0.2) is 9.55 Å². The number of nitrogens with one attached hydrogen (secondary N) is 2. The van der Waals surface area contributed by atoms with Gasteiger partial charge in [-0.15, -0.1) is 0 Å². The van der Waals surface area contributed by atoms with Gasteiger partial charge in [0, 0.05) is 13.1 Å². The number of H-pyrrole nitrogens is 1. The van der Waals surface area contributed by atoms with Gasteiger partial charge in [0.1, 0.15) is 5.82 Å². The molecule has 60 valence electrons. The van der Waals surface area contributed by atoms with Gasteiger partial charge in [-0.05, 0) is 0 Å². The Morgan fingerprint density at radius 3 is 2.82 bits per heavy atom. The highest BCUT2D eigenvalue weighted by Crippen LogP contribution is 1.91. The molecule has 0 aliphatic carbocycles. The topological polar surface area (TPSA) is 92.9 Å². The van der Waals surface area contributed by atoms with Crippen molar-refractivity contribution in [3.05, 3.63) is 26.9 Å². The van der Waals surface area contributed by atoms with Crippen molar-refractivity contribution in [1.82, 2.24) is 9.55 Å². The molecule has 0 aliphatic heterocycles. The second-order valence-electron chi connectivity index (χ2n) is 2.03. The zero-order chi connectivity index (χ0) is 8.43. The second kappa shape index (κ2) is 2.59. The van der Waals surface area contributed by atoms with E-state index in [0.29, 0.717) is 0 Å². The summed E-state index contributed by atoms with van der Waals surface area (Å²) < 4.78 is 1.20. The van der Waals surface area contributed by atoms with Crippen molar-refractivity contribution < 1.29 is 0 Å². The minimum absolute atomic E-state index is 0.277. The SMILES string of the molecule is Cn1c(NN)cc(=O)[nH]c1=O. The van der Waals surface area contributed by atoms with Crippen molar-refractivity contribution in [2.75, 3.05) is 5.43 Å². The molecule has 6 nitrogen and oxygen atoms in total. The predicted octanol–water partition coefficient (Wildman–Crippen LogP) is -1.64. The summed E-state index contributed by atoms with van der Waals surface area (Å²) in [4.78, 5) is 23.6. The average molecular weight is 156 g/mol. The maximum atomic E-state index is 10.8. The summed E-state index contributed by atoms with van der Waals surface area (Å²) in [5.74, 6) is 5.30. The van der Waals surface area contributed by atoms with E-state index in [9.17, 15) is 9.59 Å². The first-order chi connectivity index (χ1) is 5.15. The fourth-order valence-electron chi connectivity index (χ4n) is 0.694. The van der Waals surface area contributed by atoms with E-state index in [1.54, 1.807) is 0 Å². The number of rotatable bonds is 1. The third kappa shape index (κ3) is 1.30. The summed E-state index contributed by atoms with van der Waals surface area (Å²) >= 11 is 0. The van der Waals surface area contributed by atoms with Crippen molar-refractivity contribution in [2.24, 2.45) is 12.9 Å². The van der Waals surface area contributed by atoms with E-state index in [2.05, 4.69) is 10.4 Å². The number of hydrazine groups is 1. The van der Waals surface area contributed by atoms with Crippen LogP contribution in [0.15, 0.2) is 15.7 Å². The molecule has 11 heavy (non-hydrogen) atoms. The molecular weight excluding hydrogens is 148 g/mol. The summed E-state index contributed by atoms with van der Waals surface area (Å²) in [5, 5.41) is 0. The van der Waals surface area contributed by atoms with E-state index >= 15 is 0 Å². The highest BCUT2D eigenvalue weighted by molar-refractivity contribution is 5.31. The zero-order valence-corrected chi connectivity index (χ0v) is 5.92. The lowest BCUT2D eigenvalue weighted by Crippen LogP contribution is -2.30. The van der Waals surface area contributed by atoms with Crippen LogP contribution in [0.4, 0.5) is 5.82 Å². The molecule has 1 rings (SSSR count). The lowest BCUT2D eigenvalue weighted by Gasteiger charge is -2.03. The Balaban J connectivity index is 3.49. The second-order valence-corrected chi connectivity index (χ2v) is 2.03. The van der Waals surface area contributed by atoms with Gasteiger partial charge in [-0.25, -0.2) is 10.6 Å². The number of hydrogen-bond donors (Lipinski definition) is 3. The zero-order valence-electron chi connectivity index (χ0n) is 5.92. The van der Waals surface area contributed by atoms with Crippen molar-refractivity contribution >= 4 is 5.82 Å². The van der Waals surface area contributed by atoms with Gasteiger partial charge in [0.25, 0.3) is 5.56 Å². The van der Waals surface area contributed by atoms with Gasteiger partial charge in [-0.1, -0.05) is 0 Å². The highest BCUT2D eigenvalue weighted by atomic mass is 16.2. The molecule has 0 fully saturated rings. The molecule has 0 spiro atoms. The fourth-order valence-corrected chi connectivity index (χ4v) is 0.694. The smallest absolute Gasteiger partial charge is 0.310 e. The van der Waals surface area contributed by atoms with Crippen molar-refractivity contribution in [1.29, 1.82) is 0 Å². The molecule has 1 aromatic heterocycles. The number of aromatic nitrogens is 2. The lowest BCUT2D eigenvalue weighted by molar-refractivity contribution is 0.803. The maximum Gasteiger partial charge on any atom is 0.329 e. The fraction of sp³-hybridized carbons (Fsp3) is 0.200. The van der Waals surface area contributed by atoms with Crippen LogP contribution in [0.3, 0.4) is 0 Å². The maximum absolute atomic E-state index is 10.8. The molecule has 0 saturated carbocycles. The van der Waals surface area contributed by atoms with Gasteiger partial charge in [0.05, 0.1) is 0 Å². The first-order valence-electron chi connectivity index (χ1n) is 2.92. The van der Waals surface area contributed by atoms with E-state index in [-0.39, 0.29) is 5.82 Å². The minimum atomic E-state index is -0.495. The monoisotopic (exact) mass is 156 g/mol. The summed E-state index contributed by atoms with van der Waals surface area (Å²) in [6.07, 6.45) is 0. The molecule has 0 saturated heterocycles. The van der Waals surface area contributed by atoms with Gasteiger partial charge in [-0.3, -0.25) is 14.3 Å². The standard InChI is InChI=1S/C5H8N4O2/c1-9-3(8-6)2-4(10)7-5(9)11/h2,8H,6H2,1H3,(H,7,10,11). The number of nitrogen functional groups attached to an aromatic ring is 1. The van der Waals surface area contributed by atoms with Crippen LogP contribution >= 0.6 is 0 Å². The molecule has 4 N–H and O–H groups in total. The summed E-state index contributed by atoms with van der Waals surface area (Å²) in [5.41, 5.74) is 1.25. The van der Waals surface area contributed by atoms with Crippen LogP contribution in [0.25, 0.3) is 0 Å². The molecule has 0 aromatic carbocycles. The van der Waals surface area contributed by atoms with E-state index in [0.717, 1.165) is 0 Å². The van der Waals surface area contributed by atoms with E-state index in [4.69, 9.17) is 5.84 Å². The Morgan fingerprint density at radius 1 is 1.64 bits per heavy atom. The Bertz CT molecular complexity index is 363. The first kappa shape index (κ1) is 7.55. The Kier molecular flexibility index (Phi) is 1.77. The normalized spacial score (nSPS) is 9.64. The Labute approximate surface area is 61.6 Å². The van der Waals surface area contributed by atoms with E-state index in [1.807, 2.05) is 0 Å². The number of hydrogen-bond acceptors (Lipinski definition) is 4. The molecule has 0 radical (unpaired) electrons. The molecule has 0 aliphatic rings. The molecule has 0 atom stereocenters. The Hall–Kier alpha value is -1.56. The lowest BCUT2D eigenvalue weighted by atomic mass is 10.6. The summed E-state index contributed by atoms with van der Waals surface area (Å²) in [7, 11) is 1.49. The van der Waals surface area contributed by atoms with Crippen molar-refractivity contribution in [2.45, 2.75) is 0 Å². The Morgan fingerprint density at radius 2 is 2.27 bits per heavy atom. The van der Waals surface area contributed by atoms with Gasteiger partial charge in [0.2, 0.25) is 0 Å². The van der Waals surface area contributed by atoms with E-state index in [1.165, 1.54) is 17.7 Å². The van der Waals surface area contributed by atoms with Gasteiger partial charge in [0.15, 0.2) is 0 Å². The summed E-state index contributed by atoms with van der Waals surface area (Å²) in [6.45, 7) is 0. The van der Waals surface area contributed by atoms with Crippen LogP contribution in [0.5, 0.6) is 0 Å². The summed E-state index contributed by atoms with van der Waals surface area (Å²) in [6, 6.07) is 1.20. The van der Waals surface area contributed by atoms with Crippen molar-refractivity contribution in [3.63, 3.8) is 0 Å². The van der Waals surface area contributed by atoms with Crippen LogP contribution in [0.2, 0.25) is 0 Å². The van der Waals surface area contributed by atoms with Crippen LogP contribution in [0, 0.1) is 0 Å². The van der Waals surface area contributed by atoms with E-state index < -0.39 is 11.2 Å². The molecule has 6 heteroatoms. The molecule has 1 heterocycles. The van der Waals surface area contributed by atoms with Crippen LogP contribution in [0.1, 0.15) is 0 Å². The minimum Gasteiger partial charge on any atom is -0.310 e. The number of nitrogens with two attached hydrogens (primary N) is 1. The van der Waals surface area contributed by atoms with Gasteiger partial charge >= 0.3 is 5.69 Å². The molecule has 0 bridgehead atoms.